The average molecular weight is 298 g/mol. The predicted octanol–water partition coefficient (Wildman–Crippen LogP) is 0.953. The van der Waals surface area contributed by atoms with Gasteiger partial charge in [-0.25, -0.2) is 4.79 Å². The summed E-state index contributed by atoms with van der Waals surface area (Å²) >= 11 is 0. The number of carboxylic acid groups (broad SMARTS) is 1. The second-order valence-corrected chi connectivity index (χ2v) is 6.23. The Hall–Kier alpha value is -1.14. The average Bonchev–Trinajstić information content (AvgIpc) is 2.96. The molecule has 2 aliphatic rings. The Kier molecular flexibility index (Phi) is 5.22. The van der Waals surface area contributed by atoms with E-state index in [2.05, 4.69) is 4.90 Å². The maximum absolute atomic E-state index is 12.5. The van der Waals surface area contributed by atoms with Gasteiger partial charge in [0, 0.05) is 32.1 Å². The quantitative estimate of drug-likeness (QED) is 0.818. The molecule has 0 aromatic heterocycles. The van der Waals surface area contributed by atoms with Crippen molar-refractivity contribution in [3.05, 3.63) is 0 Å². The van der Waals surface area contributed by atoms with Crippen LogP contribution in [0.5, 0.6) is 0 Å². The van der Waals surface area contributed by atoms with Gasteiger partial charge in [0.1, 0.15) is 6.04 Å². The fourth-order valence-electron chi connectivity index (χ4n) is 3.46. The highest BCUT2D eigenvalue weighted by atomic mass is 16.5. The van der Waals surface area contributed by atoms with E-state index < -0.39 is 12.0 Å². The van der Waals surface area contributed by atoms with Crippen molar-refractivity contribution >= 4 is 11.9 Å². The number of morpholine rings is 1. The molecule has 6 heteroatoms. The lowest BCUT2D eigenvalue weighted by molar-refractivity contribution is -0.149. The summed E-state index contributed by atoms with van der Waals surface area (Å²) in [4.78, 5) is 27.3. The third-order valence-electron chi connectivity index (χ3n) is 5.03. The van der Waals surface area contributed by atoms with Gasteiger partial charge in [-0.1, -0.05) is 12.8 Å². The molecule has 0 spiro atoms. The van der Waals surface area contributed by atoms with E-state index in [0.717, 1.165) is 52.0 Å². The van der Waals surface area contributed by atoms with Gasteiger partial charge in [0.05, 0.1) is 13.2 Å². The number of carboxylic acids is 1. The van der Waals surface area contributed by atoms with Crippen molar-refractivity contribution in [1.82, 2.24) is 9.80 Å². The summed E-state index contributed by atoms with van der Waals surface area (Å²) in [6.07, 6.45) is 4.74. The minimum absolute atomic E-state index is 0.0710. The minimum atomic E-state index is -0.960. The van der Waals surface area contributed by atoms with Gasteiger partial charge < -0.3 is 14.7 Å². The highest BCUT2D eigenvalue weighted by Gasteiger charge is 2.42. The van der Waals surface area contributed by atoms with Crippen LogP contribution >= 0.6 is 0 Å². The van der Waals surface area contributed by atoms with Gasteiger partial charge in [-0.2, -0.15) is 0 Å². The second kappa shape index (κ2) is 6.75. The first-order valence-electron chi connectivity index (χ1n) is 7.77. The van der Waals surface area contributed by atoms with Crippen LogP contribution in [0.15, 0.2) is 0 Å². The molecule has 1 aliphatic heterocycles. The molecule has 2 fully saturated rings. The Morgan fingerprint density at radius 1 is 1.29 bits per heavy atom. The number of amides is 1. The lowest BCUT2D eigenvalue weighted by Crippen LogP contribution is -2.54. The molecular formula is C15H26N2O4. The van der Waals surface area contributed by atoms with Gasteiger partial charge in [0.25, 0.3) is 0 Å². The summed E-state index contributed by atoms with van der Waals surface area (Å²) in [5.41, 5.74) is -0.0899. The molecule has 1 N–H and O–H groups in total. The molecule has 0 radical (unpaired) electrons. The molecular weight excluding hydrogens is 272 g/mol. The highest BCUT2D eigenvalue weighted by Crippen LogP contribution is 2.39. The van der Waals surface area contributed by atoms with Gasteiger partial charge in [-0.15, -0.1) is 0 Å². The van der Waals surface area contributed by atoms with E-state index in [1.807, 2.05) is 0 Å². The van der Waals surface area contributed by atoms with Crippen LogP contribution in [-0.2, 0) is 14.3 Å². The lowest BCUT2D eigenvalue weighted by atomic mass is 9.89. The largest absolute Gasteiger partial charge is 0.480 e. The third-order valence-corrected chi connectivity index (χ3v) is 5.03. The zero-order chi connectivity index (χ0) is 15.5. The smallest absolute Gasteiger partial charge is 0.326 e. The van der Waals surface area contributed by atoms with Gasteiger partial charge in [-0.3, -0.25) is 9.69 Å². The van der Waals surface area contributed by atoms with E-state index in [1.165, 1.54) is 4.90 Å². The van der Waals surface area contributed by atoms with Crippen LogP contribution < -0.4 is 0 Å². The summed E-state index contributed by atoms with van der Waals surface area (Å²) in [5.74, 6) is -1.03. The van der Waals surface area contributed by atoms with Crippen molar-refractivity contribution < 1.29 is 19.4 Å². The standard InChI is InChI=1S/C15H26N2O4/c1-12(14(19)20)16(2)13(18)11-15(5-3-4-6-15)17-7-9-21-10-8-17/h12H,3-11H2,1-2H3,(H,19,20). The molecule has 120 valence electrons. The molecule has 0 bridgehead atoms. The molecule has 0 aromatic carbocycles. The van der Waals surface area contributed by atoms with Crippen molar-refractivity contribution in [3.63, 3.8) is 0 Å². The molecule has 21 heavy (non-hydrogen) atoms. The summed E-state index contributed by atoms with van der Waals surface area (Å²) in [5, 5.41) is 9.05. The van der Waals surface area contributed by atoms with Crippen LogP contribution in [0.3, 0.4) is 0 Å². The fourth-order valence-corrected chi connectivity index (χ4v) is 3.46. The van der Waals surface area contributed by atoms with Gasteiger partial charge in [0.15, 0.2) is 0 Å². The van der Waals surface area contributed by atoms with E-state index in [1.54, 1.807) is 14.0 Å². The molecule has 2 rings (SSSR count). The van der Waals surface area contributed by atoms with Gasteiger partial charge in [0.2, 0.25) is 5.91 Å². The van der Waals surface area contributed by atoms with E-state index in [0.29, 0.717) is 6.42 Å². The Morgan fingerprint density at radius 2 is 1.86 bits per heavy atom. The molecule has 1 saturated heterocycles. The highest BCUT2D eigenvalue weighted by molar-refractivity contribution is 5.83. The zero-order valence-electron chi connectivity index (χ0n) is 13.0. The first-order chi connectivity index (χ1) is 9.96. The van der Waals surface area contributed by atoms with Gasteiger partial charge >= 0.3 is 5.97 Å². The summed E-state index contributed by atoms with van der Waals surface area (Å²) in [6.45, 7) is 4.72. The summed E-state index contributed by atoms with van der Waals surface area (Å²) < 4.78 is 5.41. The normalized spacial score (nSPS) is 23.7. The SMILES string of the molecule is CC(C(=O)O)N(C)C(=O)CC1(N2CCOCC2)CCCC1. The van der Waals surface area contributed by atoms with E-state index in [9.17, 15) is 9.59 Å². The van der Waals surface area contributed by atoms with Crippen molar-refractivity contribution in [2.24, 2.45) is 0 Å². The van der Waals surface area contributed by atoms with Crippen molar-refractivity contribution in [2.45, 2.75) is 50.6 Å². The molecule has 1 unspecified atom stereocenters. The second-order valence-electron chi connectivity index (χ2n) is 6.23. The Balaban J connectivity index is 2.05. The Labute approximate surface area is 126 Å². The van der Waals surface area contributed by atoms with Crippen molar-refractivity contribution in [3.8, 4) is 0 Å². The van der Waals surface area contributed by atoms with Crippen LogP contribution in [0.4, 0.5) is 0 Å². The van der Waals surface area contributed by atoms with Gasteiger partial charge in [-0.05, 0) is 19.8 Å². The molecule has 6 nitrogen and oxygen atoms in total. The Morgan fingerprint density at radius 3 is 2.38 bits per heavy atom. The molecule has 1 atom stereocenters. The molecule has 1 heterocycles. The maximum Gasteiger partial charge on any atom is 0.326 e. The number of nitrogens with zero attached hydrogens (tertiary/aromatic N) is 2. The number of hydrogen-bond acceptors (Lipinski definition) is 4. The molecule has 1 saturated carbocycles. The zero-order valence-corrected chi connectivity index (χ0v) is 13.0. The van der Waals surface area contributed by atoms with Crippen LogP contribution in [-0.4, -0.2) is 71.7 Å². The van der Waals surface area contributed by atoms with Crippen LogP contribution in [0, 0.1) is 0 Å². The number of carbonyl (C=O) groups is 2. The van der Waals surface area contributed by atoms with Crippen LogP contribution in [0.2, 0.25) is 0 Å². The maximum atomic E-state index is 12.5. The molecule has 1 aliphatic carbocycles. The molecule has 1 amide bonds. The first-order valence-corrected chi connectivity index (χ1v) is 7.77. The number of ether oxygens (including phenoxy) is 1. The minimum Gasteiger partial charge on any atom is -0.480 e. The predicted molar refractivity (Wildman–Crippen MR) is 78.1 cm³/mol. The van der Waals surface area contributed by atoms with E-state index in [4.69, 9.17) is 9.84 Å². The third kappa shape index (κ3) is 3.55. The van der Waals surface area contributed by atoms with Crippen molar-refractivity contribution in [1.29, 1.82) is 0 Å². The number of rotatable bonds is 5. The first kappa shape index (κ1) is 16.2. The lowest BCUT2D eigenvalue weighted by Gasteiger charge is -2.43. The summed E-state index contributed by atoms with van der Waals surface area (Å²) in [7, 11) is 1.59. The van der Waals surface area contributed by atoms with Crippen molar-refractivity contribution in [2.75, 3.05) is 33.4 Å². The topological polar surface area (TPSA) is 70.1 Å². The fraction of sp³-hybridized carbons (Fsp3) is 0.867. The van der Waals surface area contributed by atoms with E-state index in [-0.39, 0.29) is 11.4 Å². The number of hydrogen-bond donors (Lipinski definition) is 1. The monoisotopic (exact) mass is 298 g/mol. The number of aliphatic carboxylic acids is 1. The number of likely N-dealkylation sites (N-methyl/N-ethyl adjacent to an activating group) is 1. The van der Waals surface area contributed by atoms with E-state index >= 15 is 0 Å². The van der Waals surface area contributed by atoms with Crippen LogP contribution in [0.1, 0.15) is 39.0 Å². The molecule has 0 aromatic rings. The Bertz CT molecular complexity index is 387. The number of carbonyl (C=O) groups excluding carboxylic acids is 1. The van der Waals surface area contributed by atoms with Crippen LogP contribution in [0.25, 0.3) is 0 Å². The summed E-state index contributed by atoms with van der Waals surface area (Å²) in [6, 6.07) is -0.777.